The van der Waals surface area contributed by atoms with Crippen molar-refractivity contribution in [2.24, 2.45) is 7.05 Å². The number of anilines is 1. The van der Waals surface area contributed by atoms with Crippen molar-refractivity contribution in [2.45, 2.75) is 40.0 Å². The van der Waals surface area contributed by atoms with E-state index in [0.29, 0.717) is 23.3 Å². The largest absolute Gasteiger partial charge is 0.466 e. The van der Waals surface area contributed by atoms with Crippen molar-refractivity contribution >= 4 is 22.6 Å². The van der Waals surface area contributed by atoms with E-state index in [1.54, 1.807) is 23.9 Å². The van der Waals surface area contributed by atoms with Gasteiger partial charge in [0.05, 0.1) is 5.39 Å². The third-order valence-electron chi connectivity index (χ3n) is 4.92. The Labute approximate surface area is 185 Å². The summed E-state index contributed by atoms with van der Waals surface area (Å²) in [7, 11) is 1.80. The first-order valence-corrected chi connectivity index (χ1v) is 10.3. The number of benzene rings is 1. The first-order valence-electron chi connectivity index (χ1n) is 10.3. The fraction of sp³-hybridized carbons (Fsp3) is 0.348. The Morgan fingerprint density at radius 1 is 1.16 bits per heavy atom. The van der Waals surface area contributed by atoms with Crippen LogP contribution in [-0.2, 0) is 17.3 Å². The molecule has 0 fully saturated rings. The van der Waals surface area contributed by atoms with E-state index in [1.807, 2.05) is 52.8 Å². The SMILES string of the molecule is Cc1cc(C)c2c(OCC(=O)Nc3ccc(-c4noc(C(C)(C)C)n4)cc3)nn(C)c2n1. The lowest BCUT2D eigenvalue weighted by molar-refractivity contribution is -0.118. The standard InChI is InChI=1S/C23H26N6O3/c1-13-11-14(2)24-20-18(13)21(27-29(20)6)31-12-17(30)25-16-9-7-15(8-10-16)19-26-22(32-28-19)23(3,4)5/h7-11H,12H2,1-6H3,(H,25,30). The fourth-order valence-corrected chi connectivity index (χ4v) is 3.33. The Morgan fingerprint density at radius 3 is 2.53 bits per heavy atom. The van der Waals surface area contributed by atoms with Crippen LogP contribution in [-0.4, -0.2) is 37.4 Å². The molecule has 0 saturated heterocycles. The molecule has 1 aromatic carbocycles. The van der Waals surface area contributed by atoms with E-state index in [0.717, 1.165) is 27.9 Å². The van der Waals surface area contributed by atoms with Gasteiger partial charge in [0, 0.05) is 29.4 Å². The molecule has 4 aromatic rings. The summed E-state index contributed by atoms with van der Waals surface area (Å²) >= 11 is 0. The molecule has 0 aliphatic rings. The van der Waals surface area contributed by atoms with Crippen molar-refractivity contribution in [1.29, 1.82) is 0 Å². The van der Waals surface area contributed by atoms with E-state index in [2.05, 4.69) is 25.5 Å². The van der Waals surface area contributed by atoms with Crippen LogP contribution in [0.25, 0.3) is 22.4 Å². The van der Waals surface area contributed by atoms with Crippen molar-refractivity contribution in [1.82, 2.24) is 24.9 Å². The number of pyridine rings is 1. The van der Waals surface area contributed by atoms with Crippen molar-refractivity contribution in [3.8, 4) is 17.3 Å². The molecule has 3 aromatic heterocycles. The molecule has 0 saturated carbocycles. The zero-order valence-corrected chi connectivity index (χ0v) is 19.1. The molecule has 9 nitrogen and oxygen atoms in total. The molecule has 0 atom stereocenters. The molecule has 0 radical (unpaired) electrons. The average Bonchev–Trinajstić information content (AvgIpc) is 3.33. The van der Waals surface area contributed by atoms with E-state index in [4.69, 9.17) is 9.26 Å². The van der Waals surface area contributed by atoms with Gasteiger partial charge in [-0.2, -0.15) is 4.98 Å². The van der Waals surface area contributed by atoms with Crippen LogP contribution in [0.5, 0.6) is 5.88 Å². The highest BCUT2D eigenvalue weighted by Crippen LogP contribution is 2.27. The summed E-state index contributed by atoms with van der Waals surface area (Å²) in [6.07, 6.45) is 0. The van der Waals surface area contributed by atoms with Crippen LogP contribution in [0.2, 0.25) is 0 Å². The number of rotatable bonds is 5. The van der Waals surface area contributed by atoms with Gasteiger partial charge in [-0.15, -0.1) is 5.10 Å². The Bertz CT molecular complexity index is 1280. The lowest BCUT2D eigenvalue weighted by Gasteiger charge is -2.10. The van der Waals surface area contributed by atoms with Gasteiger partial charge in [0.15, 0.2) is 12.3 Å². The second-order valence-corrected chi connectivity index (χ2v) is 8.80. The minimum Gasteiger partial charge on any atom is -0.466 e. The van der Waals surface area contributed by atoms with Crippen LogP contribution in [0.1, 0.15) is 37.9 Å². The van der Waals surface area contributed by atoms with Crippen molar-refractivity contribution in [3.63, 3.8) is 0 Å². The number of aromatic nitrogens is 5. The summed E-state index contributed by atoms with van der Waals surface area (Å²) < 4.78 is 12.7. The quantitative estimate of drug-likeness (QED) is 0.507. The van der Waals surface area contributed by atoms with Gasteiger partial charge in [0.25, 0.3) is 5.91 Å². The Kier molecular flexibility index (Phi) is 5.41. The molecule has 1 N–H and O–H groups in total. The molecule has 0 aliphatic carbocycles. The minimum atomic E-state index is -0.288. The number of hydrogen-bond donors (Lipinski definition) is 1. The van der Waals surface area contributed by atoms with Gasteiger partial charge in [-0.1, -0.05) is 25.9 Å². The van der Waals surface area contributed by atoms with Crippen molar-refractivity contribution in [3.05, 3.63) is 47.5 Å². The Hall–Kier alpha value is -3.75. The summed E-state index contributed by atoms with van der Waals surface area (Å²) in [6.45, 7) is 9.77. The maximum Gasteiger partial charge on any atom is 0.262 e. The van der Waals surface area contributed by atoms with Gasteiger partial charge in [0.1, 0.15) is 0 Å². The molecule has 9 heteroatoms. The van der Waals surface area contributed by atoms with Crippen molar-refractivity contribution in [2.75, 3.05) is 11.9 Å². The van der Waals surface area contributed by atoms with Gasteiger partial charge < -0.3 is 14.6 Å². The number of fused-ring (bicyclic) bond motifs is 1. The Morgan fingerprint density at radius 2 is 1.88 bits per heavy atom. The van der Waals surface area contributed by atoms with Gasteiger partial charge >= 0.3 is 0 Å². The average molecular weight is 435 g/mol. The number of ether oxygens (including phenoxy) is 1. The molecule has 32 heavy (non-hydrogen) atoms. The van der Waals surface area contributed by atoms with E-state index in [9.17, 15) is 4.79 Å². The number of amides is 1. The number of aryl methyl sites for hydroxylation is 3. The number of carbonyl (C=O) groups excluding carboxylic acids is 1. The summed E-state index contributed by atoms with van der Waals surface area (Å²) in [5.74, 6) is 1.19. The van der Waals surface area contributed by atoms with Gasteiger partial charge in [0.2, 0.25) is 17.6 Å². The van der Waals surface area contributed by atoms with Crippen LogP contribution < -0.4 is 10.1 Å². The smallest absolute Gasteiger partial charge is 0.262 e. The van der Waals surface area contributed by atoms with Crippen LogP contribution in [0.3, 0.4) is 0 Å². The van der Waals surface area contributed by atoms with Crippen LogP contribution >= 0.6 is 0 Å². The molecular weight excluding hydrogens is 408 g/mol. The highest BCUT2D eigenvalue weighted by atomic mass is 16.5. The topological polar surface area (TPSA) is 108 Å². The Balaban J connectivity index is 1.41. The lowest BCUT2D eigenvalue weighted by atomic mass is 9.97. The highest BCUT2D eigenvalue weighted by molar-refractivity contribution is 5.92. The summed E-state index contributed by atoms with van der Waals surface area (Å²) in [6, 6.07) is 9.20. The molecular formula is C23H26N6O3. The van der Waals surface area contributed by atoms with Crippen LogP contribution in [0.4, 0.5) is 5.69 Å². The summed E-state index contributed by atoms with van der Waals surface area (Å²) in [5.41, 5.74) is 3.86. The molecule has 0 bridgehead atoms. The van der Waals surface area contributed by atoms with E-state index < -0.39 is 0 Å². The van der Waals surface area contributed by atoms with Gasteiger partial charge in [-0.25, -0.2) is 9.67 Å². The normalized spacial score (nSPS) is 11.7. The predicted molar refractivity (Wildman–Crippen MR) is 121 cm³/mol. The third kappa shape index (κ3) is 4.32. The molecule has 3 heterocycles. The monoisotopic (exact) mass is 434 g/mol. The van der Waals surface area contributed by atoms with Crippen LogP contribution in [0, 0.1) is 13.8 Å². The fourth-order valence-electron chi connectivity index (χ4n) is 3.33. The minimum absolute atomic E-state index is 0.166. The first-order chi connectivity index (χ1) is 15.1. The van der Waals surface area contributed by atoms with Crippen molar-refractivity contribution < 1.29 is 14.1 Å². The van der Waals surface area contributed by atoms with Gasteiger partial charge in [-0.05, 0) is 49.7 Å². The number of nitrogens with zero attached hydrogens (tertiary/aromatic N) is 5. The second kappa shape index (κ2) is 8.07. The molecule has 0 unspecified atom stereocenters. The van der Waals surface area contributed by atoms with E-state index >= 15 is 0 Å². The summed E-state index contributed by atoms with van der Waals surface area (Å²) in [5, 5.41) is 12.0. The molecule has 0 spiro atoms. The summed E-state index contributed by atoms with van der Waals surface area (Å²) in [4.78, 5) is 21.4. The number of hydrogen-bond acceptors (Lipinski definition) is 7. The first kappa shape index (κ1) is 21.5. The number of nitrogens with one attached hydrogen (secondary N) is 1. The van der Waals surface area contributed by atoms with Crippen LogP contribution in [0.15, 0.2) is 34.9 Å². The van der Waals surface area contributed by atoms with E-state index in [1.165, 1.54) is 0 Å². The highest BCUT2D eigenvalue weighted by Gasteiger charge is 2.22. The van der Waals surface area contributed by atoms with Gasteiger partial charge in [-0.3, -0.25) is 4.79 Å². The lowest BCUT2D eigenvalue weighted by Crippen LogP contribution is -2.20. The number of carbonyl (C=O) groups is 1. The second-order valence-electron chi connectivity index (χ2n) is 8.80. The third-order valence-corrected chi connectivity index (χ3v) is 4.92. The maximum absolute atomic E-state index is 12.4. The molecule has 0 aliphatic heterocycles. The van der Waals surface area contributed by atoms with E-state index in [-0.39, 0.29) is 17.9 Å². The maximum atomic E-state index is 12.4. The zero-order chi connectivity index (χ0) is 23.0. The predicted octanol–water partition coefficient (Wildman–Crippen LogP) is 3.95. The molecule has 1 amide bonds. The molecule has 4 rings (SSSR count). The zero-order valence-electron chi connectivity index (χ0n) is 19.1. The molecule has 166 valence electrons.